The van der Waals surface area contributed by atoms with Gasteiger partial charge in [-0.1, -0.05) is 18.2 Å². The van der Waals surface area contributed by atoms with Gasteiger partial charge in [-0.3, -0.25) is 0 Å². The Bertz CT molecular complexity index is 1150. The fraction of sp³-hybridized carbons (Fsp3) is 0.286. The first-order valence-electron chi connectivity index (χ1n) is 9.09. The van der Waals surface area contributed by atoms with Crippen LogP contribution in [0.4, 0.5) is 9.18 Å². The highest BCUT2D eigenvalue weighted by molar-refractivity contribution is 7.90. The molecule has 154 valence electrons. The fourth-order valence-electron chi connectivity index (χ4n) is 2.93. The van der Waals surface area contributed by atoms with Gasteiger partial charge in [-0.25, -0.2) is 21.6 Å². The van der Waals surface area contributed by atoms with Crippen molar-refractivity contribution in [1.29, 1.82) is 0 Å². The van der Waals surface area contributed by atoms with Crippen molar-refractivity contribution in [3.05, 3.63) is 66.1 Å². The molecule has 0 radical (unpaired) electrons. The van der Waals surface area contributed by atoms with E-state index < -0.39 is 33.6 Å². The molecule has 1 N–H and O–H groups in total. The highest BCUT2D eigenvalue weighted by atomic mass is 32.2. The van der Waals surface area contributed by atoms with Gasteiger partial charge in [0.1, 0.15) is 11.9 Å². The number of hydrogen-bond donors (Lipinski definition) is 1. The van der Waals surface area contributed by atoms with Crippen molar-refractivity contribution < 1.29 is 22.3 Å². The van der Waals surface area contributed by atoms with E-state index in [4.69, 9.17) is 4.74 Å². The maximum Gasteiger partial charge on any atom is 0.408 e. The molecule has 1 heterocycles. The van der Waals surface area contributed by atoms with Crippen LogP contribution < -0.4 is 5.32 Å². The van der Waals surface area contributed by atoms with Gasteiger partial charge in [-0.05, 0) is 58.0 Å². The van der Waals surface area contributed by atoms with E-state index in [2.05, 4.69) is 5.32 Å². The van der Waals surface area contributed by atoms with E-state index in [0.29, 0.717) is 10.9 Å². The van der Waals surface area contributed by atoms with Gasteiger partial charge in [0, 0.05) is 22.7 Å². The van der Waals surface area contributed by atoms with Gasteiger partial charge in [0.2, 0.25) is 0 Å². The Kier molecular flexibility index (Phi) is 5.40. The Hall–Kier alpha value is -2.87. The quantitative estimate of drug-likeness (QED) is 0.672. The first kappa shape index (κ1) is 20.9. The van der Waals surface area contributed by atoms with Gasteiger partial charge in [0.25, 0.3) is 10.0 Å². The van der Waals surface area contributed by atoms with Gasteiger partial charge in [0.15, 0.2) is 0 Å². The van der Waals surface area contributed by atoms with Crippen molar-refractivity contribution in [1.82, 2.24) is 9.29 Å². The number of rotatable bonds is 4. The number of nitrogens with one attached hydrogen (secondary N) is 1. The first-order chi connectivity index (χ1) is 13.5. The van der Waals surface area contributed by atoms with Crippen molar-refractivity contribution in [2.45, 2.75) is 44.2 Å². The van der Waals surface area contributed by atoms with E-state index in [-0.39, 0.29) is 10.5 Å². The molecular weight excluding hydrogens is 395 g/mol. The molecule has 6 nitrogen and oxygen atoms in total. The molecule has 29 heavy (non-hydrogen) atoms. The summed E-state index contributed by atoms with van der Waals surface area (Å²) in [6, 6.07) is 12.1. The van der Waals surface area contributed by atoms with Gasteiger partial charge >= 0.3 is 6.09 Å². The van der Waals surface area contributed by atoms with Crippen LogP contribution in [-0.4, -0.2) is 24.0 Å². The Morgan fingerprint density at radius 2 is 1.79 bits per heavy atom. The molecule has 0 spiro atoms. The number of amides is 1. The van der Waals surface area contributed by atoms with E-state index in [0.717, 1.165) is 3.97 Å². The molecule has 0 aliphatic rings. The molecule has 0 saturated heterocycles. The minimum absolute atomic E-state index is 0.0878. The van der Waals surface area contributed by atoms with E-state index in [1.54, 1.807) is 39.0 Å². The van der Waals surface area contributed by atoms with Crippen LogP contribution in [0.25, 0.3) is 10.9 Å². The molecule has 0 fully saturated rings. The van der Waals surface area contributed by atoms with Crippen LogP contribution in [0.1, 0.15) is 39.4 Å². The zero-order valence-corrected chi connectivity index (χ0v) is 17.5. The summed E-state index contributed by atoms with van der Waals surface area (Å²) in [7, 11) is -3.85. The largest absolute Gasteiger partial charge is 0.442 e. The smallest absolute Gasteiger partial charge is 0.408 e. The van der Waals surface area contributed by atoms with Crippen LogP contribution in [0, 0.1) is 5.82 Å². The van der Waals surface area contributed by atoms with Crippen molar-refractivity contribution in [2.24, 2.45) is 0 Å². The SMILES string of the molecule is C[C@@H](OC(=O)NC(C)(C)C)c1cc2c(ccn2S(=O)(=O)c2ccccc2)cc1F. The number of ether oxygens (including phenoxy) is 1. The standard InChI is InChI=1S/C21H23FN2O4S/c1-14(28-20(25)23-21(2,3)4)17-13-19-15(12-18(17)22)10-11-24(19)29(26,27)16-8-6-5-7-9-16/h5-14H,1-4H3,(H,23,25)/t14-/m1/s1. The van der Waals surface area contributed by atoms with E-state index >= 15 is 0 Å². The summed E-state index contributed by atoms with van der Waals surface area (Å²) < 4.78 is 47.0. The molecule has 3 rings (SSSR count). The highest BCUT2D eigenvalue weighted by Crippen LogP contribution is 2.29. The van der Waals surface area contributed by atoms with Crippen LogP contribution >= 0.6 is 0 Å². The normalized spacial score (nSPS) is 13.3. The molecule has 1 aromatic heterocycles. The highest BCUT2D eigenvalue weighted by Gasteiger charge is 2.23. The summed E-state index contributed by atoms with van der Waals surface area (Å²) >= 11 is 0. The maximum atomic E-state index is 14.6. The van der Waals surface area contributed by atoms with Crippen LogP contribution in [-0.2, 0) is 14.8 Å². The number of carbonyl (C=O) groups is 1. The van der Waals surface area contributed by atoms with Crippen LogP contribution in [0.5, 0.6) is 0 Å². The third kappa shape index (κ3) is 4.42. The second kappa shape index (κ2) is 7.51. The van der Waals surface area contributed by atoms with Gasteiger partial charge in [-0.2, -0.15) is 0 Å². The lowest BCUT2D eigenvalue weighted by atomic mass is 10.1. The molecule has 1 atom stereocenters. The lowest BCUT2D eigenvalue weighted by Gasteiger charge is -2.22. The van der Waals surface area contributed by atoms with E-state index in [1.165, 1.54) is 43.5 Å². The number of benzene rings is 2. The van der Waals surface area contributed by atoms with Crippen molar-refractivity contribution in [2.75, 3.05) is 0 Å². The molecule has 0 unspecified atom stereocenters. The number of aromatic nitrogens is 1. The molecule has 0 bridgehead atoms. The number of alkyl carbamates (subject to hydrolysis) is 1. The van der Waals surface area contributed by atoms with Crippen molar-refractivity contribution in [3.8, 4) is 0 Å². The number of hydrogen-bond acceptors (Lipinski definition) is 4. The maximum absolute atomic E-state index is 14.6. The topological polar surface area (TPSA) is 77.4 Å². The zero-order chi connectivity index (χ0) is 21.4. The van der Waals surface area contributed by atoms with Gasteiger partial charge < -0.3 is 10.1 Å². The average Bonchev–Trinajstić information content (AvgIpc) is 3.03. The second-order valence-corrected chi connectivity index (χ2v) is 9.60. The molecule has 1 amide bonds. The van der Waals surface area contributed by atoms with Crippen LogP contribution in [0.3, 0.4) is 0 Å². The van der Waals surface area contributed by atoms with E-state index in [1.807, 2.05) is 0 Å². The Morgan fingerprint density at radius 1 is 1.14 bits per heavy atom. The summed E-state index contributed by atoms with van der Waals surface area (Å²) in [5.41, 5.74) is -0.112. The Labute approximate surface area is 169 Å². The summed E-state index contributed by atoms with van der Waals surface area (Å²) in [6.45, 7) is 6.93. The predicted molar refractivity (Wildman–Crippen MR) is 109 cm³/mol. The number of fused-ring (bicyclic) bond motifs is 1. The summed E-state index contributed by atoms with van der Waals surface area (Å²) in [5.74, 6) is -0.580. The third-order valence-corrected chi connectivity index (χ3v) is 5.98. The molecule has 2 aromatic carbocycles. The lowest BCUT2D eigenvalue weighted by Crippen LogP contribution is -2.41. The zero-order valence-electron chi connectivity index (χ0n) is 16.6. The van der Waals surface area contributed by atoms with Crippen molar-refractivity contribution >= 4 is 27.0 Å². The average molecular weight is 418 g/mol. The minimum Gasteiger partial charge on any atom is -0.442 e. The van der Waals surface area contributed by atoms with Gasteiger partial charge in [-0.15, -0.1) is 0 Å². The monoisotopic (exact) mass is 418 g/mol. The molecule has 8 heteroatoms. The molecule has 0 aliphatic heterocycles. The van der Waals surface area contributed by atoms with Gasteiger partial charge in [0.05, 0.1) is 10.4 Å². The summed E-state index contributed by atoms with van der Waals surface area (Å²) in [5, 5.41) is 3.07. The summed E-state index contributed by atoms with van der Waals surface area (Å²) in [4.78, 5) is 12.1. The number of halogens is 1. The molecule has 3 aromatic rings. The molecular formula is C21H23FN2O4S. The number of nitrogens with zero attached hydrogens (tertiary/aromatic N) is 1. The van der Waals surface area contributed by atoms with Crippen LogP contribution in [0.15, 0.2) is 59.6 Å². The fourth-order valence-corrected chi connectivity index (χ4v) is 4.30. The Balaban J connectivity index is 2.00. The van der Waals surface area contributed by atoms with Crippen molar-refractivity contribution in [3.63, 3.8) is 0 Å². The lowest BCUT2D eigenvalue weighted by molar-refractivity contribution is 0.0984. The predicted octanol–water partition coefficient (Wildman–Crippen LogP) is 4.60. The number of carbonyl (C=O) groups excluding carboxylic acids is 1. The third-order valence-electron chi connectivity index (χ3n) is 4.27. The Morgan fingerprint density at radius 3 is 2.41 bits per heavy atom. The molecule has 0 saturated carbocycles. The second-order valence-electron chi connectivity index (χ2n) is 7.78. The van der Waals surface area contributed by atoms with E-state index in [9.17, 15) is 17.6 Å². The first-order valence-corrected chi connectivity index (χ1v) is 10.5. The minimum atomic E-state index is -3.85. The molecule has 0 aliphatic carbocycles. The van der Waals surface area contributed by atoms with Crippen LogP contribution in [0.2, 0.25) is 0 Å². The summed E-state index contributed by atoms with van der Waals surface area (Å²) in [6.07, 6.45) is -0.213.